The molecule has 2 rings (SSSR count). The number of hydrogen-bond acceptors (Lipinski definition) is 2. The highest BCUT2D eigenvalue weighted by Gasteiger charge is 2.09. The van der Waals surface area contributed by atoms with Crippen molar-refractivity contribution in [1.82, 2.24) is 0 Å². The normalized spacial score (nSPS) is 12.2. The van der Waals surface area contributed by atoms with Crippen LogP contribution in [0.25, 0.3) is 0 Å². The van der Waals surface area contributed by atoms with E-state index in [2.05, 4.69) is 0 Å². The first-order valence-electron chi connectivity index (χ1n) is 7.17. The number of ether oxygens (including phenoxy) is 1. The van der Waals surface area contributed by atoms with Crippen LogP contribution in [0.2, 0.25) is 5.02 Å². The second-order valence-electron chi connectivity index (χ2n) is 5.41. The van der Waals surface area contributed by atoms with Gasteiger partial charge in [-0.2, -0.15) is 0 Å². The summed E-state index contributed by atoms with van der Waals surface area (Å²) in [5, 5.41) is 10.8. The van der Waals surface area contributed by atoms with E-state index in [1.165, 1.54) is 5.56 Å². The molecule has 3 heteroatoms. The zero-order chi connectivity index (χ0) is 15.2. The lowest BCUT2D eigenvalue weighted by Crippen LogP contribution is -2.15. The second kappa shape index (κ2) is 7.48. The predicted octanol–water partition coefficient (Wildman–Crippen LogP) is 4.33. The van der Waals surface area contributed by atoms with Gasteiger partial charge in [-0.05, 0) is 55.2 Å². The van der Waals surface area contributed by atoms with Gasteiger partial charge in [-0.1, -0.05) is 35.9 Å². The van der Waals surface area contributed by atoms with Crippen molar-refractivity contribution in [2.75, 3.05) is 6.61 Å². The molecule has 2 aromatic rings. The average molecular weight is 305 g/mol. The maximum atomic E-state index is 10.1. The molecule has 0 radical (unpaired) electrons. The predicted molar refractivity (Wildman–Crippen MR) is 87.2 cm³/mol. The largest absolute Gasteiger partial charge is 0.493 e. The summed E-state index contributed by atoms with van der Waals surface area (Å²) in [6, 6.07) is 13.8. The molecule has 0 heterocycles. The van der Waals surface area contributed by atoms with E-state index in [4.69, 9.17) is 16.3 Å². The zero-order valence-electron chi connectivity index (χ0n) is 12.5. The summed E-state index contributed by atoms with van der Waals surface area (Å²) in [7, 11) is 0. The second-order valence-corrected chi connectivity index (χ2v) is 5.81. The molecule has 0 aromatic heterocycles. The fourth-order valence-corrected chi connectivity index (χ4v) is 2.50. The number of aryl methyl sites for hydroxylation is 2. The Bertz CT molecular complexity index is 596. The Hall–Kier alpha value is -1.51. The monoisotopic (exact) mass is 304 g/mol. The van der Waals surface area contributed by atoms with Crippen molar-refractivity contribution in [3.8, 4) is 5.75 Å². The molecule has 1 unspecified atom stereocenters. The summed E-state index contributed by atoms with van der Waals surface area (Å²) in [5.41, 5.74) is 3.27. The number of benzene rings is 2. The van der Waals surface area contributed by atoms with E-state index in [0.29, 0.717) is 24.5 Å². The highest BCUT2D eigenvalue weighted by molar-refractivity contribution is 6.31. The summed E-state index contributed by atoms with van der Waals surface area (Å²) in [6.07, 6.45) is 0.684. The highest BCUT2D eigenvalue weighted by atomic mass is 35.5. The Balaban J connectivity index is 1.81. The minimum Gasteiger partial charge on any atom is -0.493 e. The Labute approximate surface area is 131 Å². The zero-order valence-corrected chi connectivity index (χ0v) is 13.2. The molecule has 0 fully saturated rings. The molecule has 2 nitrogen and oxygen atoms in total. The van der Waals surface area contributed by atoms with Gasteiger partial charge in [0.1, 0.15) is 5.75 Å². The van der Waals surface area contributed by atoms with Gasteiger partial charge in [-0.3, -0.25) is 0 Å². The number of halogens is 1. The fourth-order valence-electron chi connectivity index (χ4n) is 2.19. The van der Waals surface area contributed by atoms with E-state index in [0.717, 1.165) is 16.9 Å². The summed E-state index contributed by atoms with van der Waals surface area (Å²) in [5.74, 6) is 0.843. The third kappa shape index (κ3) is 5.07. The van der Waals surface area contributed by atoms with E-state index in [1.807, 2.05) is 56.3 Å². The third-order valence-corrected chi connectivity index (χ3v) is 3.73. The molecule has 0 saturated carbocycles. The number of hydrogen-bond donors (Lipinski definition) is 1. The Kier molecular flexibility index (Phi) is 5.66. The van der Waals surface area contributed by atoms with Crippen LogP contribution in [0.4, 0.5) is 0 Å². The van der Waals surface area contributed by atoms with Crippen LogP contribution in [0, 0.1) is 13.8 Å². The van der Waals surface area contributed by atoms with Crippen molar-refractivity contribution in [1.29, 1.82) is 0 Å². The third-order valence-electron chi connectivity index (χ3n) is 3.37. The smallest absolute Gasteiger partial charge is 0.119 e. The summed E-state index contributed by atoms with van der Waals surface area (Å²) in [4.78, 5) is 0. The summed E-state index contributed by atoms with van der Waals surface area (Å²) >= 11 is 6.18. The Morgan fingerprint density at radius 3 is 2.57 bits per heavy atom. The van der Waals surface area contributed by atoms with Crippen LogP contribution < -0.4 is 4.74 Å². The first kappa shape index (κ1) is 15.9. The summed E-state index contributed by atoms with van der Waals surface area (Å²) < 4.78 is 5.65. The van der Waals surface area contributed by atoms with Gasteiger partial charge < -0.3 is 9.84 Å². The van der Waals surface area contributed by atoms with Crippen molar-refractivity contribution < 1.29 is 9.84 Å². The Morgan fingerprint density at radius 1 is 1.10 bits per heavy atom. The first-order chi connectivity index (χ1) is 10.0. The van der Waals surface area contributed by atoms with Gasteiger partial charge in [0.2, 0.25) is 0 Å². The van der Waals surface area contributed by atoms with Gasteiger partial charge in [0.25, 0.3) is 0 Å². The molecular weight excluding hydrogens is 284 g/mol. The quantitative estimate of drug-likeness (QED) is 0.860. The fraction of sp³-hybridized carbons (Fsp3) is 0.333. The molecule has 0 amide bonds. The number of aliphatic hydroxyl groups is 1. The van der Waals surface area contributed by atoms with Crippen LogP contribution in [0.1, 0.15) is 23.1 Å². The molecule has 112 valence electrons. The molecule has 1 N–H and O–H groups in total. The van der Waals surface area contributed by atoms with E-state index in [-0.39, 0.29) is 0 Å². The SMILES string of the molecule is Cc1cccc(OCCC(O)Cc2ccc(C)cc2Cl)c1. The van der Waals surface area contributed by atoms with Gasteiger partial charge in [0.05, 0.1) is 12.7 Å². The van der Waals surface area contributed by atoms with Gasteiger partial charge in [0.15, 0.2) is 0 Å². The highest BCUT2D eigenvalue weighted by Crippen LogP contribution is 2.20. The molecular formula is C18H21ClO2. The van der Waals surface area contributed by atoms with Gasteiger partial charge in [-0.25, -0.2) is 0 Å². The molecule has 21 heavy (non-hydrogen) atoms. The first-order valence-corrected chi connectivity index (χ1v) is 7.55. The summed E-state index contributed by atoms with van der Waals surface area (Å²) in [6.45, 7) is 4.52. The van der Waals surface area contributed by atoms with Crippen molar-refractivity contribution in [2.45, 2.75) is 32.8 Å². The minimum absolute atomic E-state index is 0.449. The maximum absolute atomic E-state index is 10.1. The number of rotatable bonds is 6. The van der Waals surface area contributed by atoms with Crippen LogP contribution in [0.5, 0.6) is 5.75 Å². The molecule has 2 aromatic carbocycles. The van der Waals surface area contributed by atoms with Crippen LogP contribution in [-0.4, -0.2) is 17.8 Å². The topological polar surface area (TPSA) is 29.5 Å². The van der Waals surface area contributed by atoms with E-state index >= 15 is 0 Å². The maximum Gasteiger partial charge on any atom is 0.119 e. The van der Waals surface area contributed by atoms with Crippen molar-refractivity contribution in [2.24, 2.45) is 0 Å². The van der Waals surface area contributed by atoms with Crippen molar-refractivity contribution in [3.05, 3.63) is 64.2 Å². The van der Waals surface area contributed by atoms with Gasteiger partial charge in [0, 0.05) is 11.4 Å². The molecule has 0 aliphatic rings. The van der Waals surface area contributed by atoms with Crippen molar-refractivity contribution in [3.63, 3.8) is 0 Å². The Morgan fingerprint density at radius 2 is 1.86 bits per heavy atom. The van der Waals surface area contributed by atoms with E-state index < -0.39 is 6.10 Å². The average Bonchev–Trinajstić information content (AvgIpc) is 2.42. The number of aliphatic hydroxyl groups excluding tert-OH is 1. The molecule has 0 spiro atoms. The van der Waals surface area contributed by atoms with E-state index in [1.54, 1.807) is 0 Å². The standard InChI is InChI=1S/C18H21ClO2/c1-13-4-3-5-17(10-13)21-9-8-16(20)12-15-7-6-14(2)11-18(15)19/h3-7,10-11,16,20H,8-9,12H2,1-2H3. The van der Waals surface area contributed by atoms with Crippen LogP contribution in [0.15, 0.2) is 42.5 Å². The van der Waals surface area contributed by atoms with Gasteiger partial charge >= 0.3 is 0 Å². The van der Waals surface area contributed by atoms with E-state index in [9.17, 15) is 5.11 Å². The van der Waals surface area contributed by atoms with Crippen LogP contribution >= 0.6 is 11.6 Å². The van der Waals surface area contributed by atoms with Gasteiger partial charge in [-0.15, -0.1) is 0 Å². The van der Waals surface area contributed by atoms with Crippen LogP contribution in [0.3, 0.4) is 0 Å². The lowest BCUT2D eigenvalue weighted by molar-refractivity contribution is 0.139. The molecule has 0 aliphatic carbocycles. The molecule has 0 saturated heterocycles. The minimum atomic E-state index is -0.449. The molecule has 0 bridgehead atoms. The van der Waals surface area contributed by atoms with Crippen LogP contribution in [-0.2, 0) is 6.42 Å². The molecule has 1 atom stereocenters. The molecule has 0 aliphatic heterocycles. The van der Waals surface area contributed by atoms with Crippen molar-refractivity contribution >= 4 is 11.6 Å². The lowest BCUT2D eigenvalue weighted by atomic mass is 10.0. The lowest BCUT2D eigenvalue weighted by Gasteiger charge is -2.13.